The van der Waals surface area contributed by atoms with Crippen LogP contribution in [0.25, 0.3) is 0 Å². The Kier molecular flexibility index (Phi) is 4.59. The van der Waals surface area contributed by atoms with Crippen molar-refractivity contribution in [1.29, 1.82) is 0 Å². The maximum absolute atomic E-state index is 9.77. The van der Waals surface area contributed by atoms with E-state index in [0.29, 0.717) is 13.1 Å². The summed E-state index contributed by atoms with van der Waals surface area (Å²) in [5.74, 6) is 0. The molecule has 0 bridgehead atoms. The van der Waals surface area contributed by atoms with Gasteiger partial charge in [-0.15, -0.1) is 0 Å². The standard InChI is InChI=1S/C11H18N2O/c1-9-3-2-4-10(7-9)11(14)8-13-6-5-12/h2-4,7,11,13-14H,5-6,8,12H2,1H3. The Morgan fingerprint density at radius 2 is 2.29 bits per heavy atom. The van der Waals surface area contributed by atoms with Crippen molar-refractivity contribution in [3.8, 4) is 0 Å². The van der Waals surface area contributed by atoms with Crippen molar-refractivity contribution in [2.75, 3.05) is 19.6 Å². The number of aliphatic hydroxyl groups is 1. The van der Waals surface area contributed by atoms with E-state index in [2.05, 4.69) is 5.32 Å². The van der Waals surface area contributed by atoms with Gasteiger partial charge in [-0.05, 0) is 12.5 Å². The summed E-state index contributed by atoms with van der Waals surface area (Å²) in [7, 11) is 0. The molecule has 1 rings (SSSR count). The van der Waals surface area contributed by atoms with Crippen LogP contribution in [0, 0.1) is 6.92 Å². The van der Waals surface area contributed by atoms with E-state index in [1.807, 2.05) is 31.2 Å². The van der Waals surface area contributed by atoms with Gasteiger partial charge in [-0.1, -0.05) is 29.8 Å². The molecule has 0 aliphatic carbocycles. The van der Waals surface area contributed by atoms with Crippen LogP contribution in [0.1, 0.15) is 17.2 Å². The third-order valence-electron chi connectivity index (χ3n) is 2.09. The molecular weight excluding hydrogens is 176 g/mol. The first-order valence-corrected chi connectivity index (χ1v) is 4.89. The Balaban J connectivity index is 2.47. The molecule has 14 heavy (non-hydrogen) atoms. The maximum Gasteiger partial charge on any atom is 0.0914 e. The number of hydrogen-bond donors (Lipinski definition) is 3. The molecule has 3 heteroatoms. The van der Waals surface area contributed by atoms with Crippen LogP contribution in [-0.2, 0) is 0 Å². The van der Waals surface area contributed by atoms with Crippen molar-refractivity contribution in [2.24, 2.45) is 5.73 Å². The zero-order valence-electron chi connectivity index (χ0n) is 8.53. The molecule has 4 N–H and O–H groups in total. The molecule has 0 radical (unpaired) electrons. The van der Waals surface area contributed by atoms with E-state index in [1.165, 1.54) is 5.56 Å². The zero-order chi connectivity index (χ0) is 10.4. The van der Waals surface area contributed by atoms with E-state index in [-0.39, 0.29) is 0 Å². The number of hydrogen-bond acceptors (Lipinski definition) is 3. The number of nitrogens with two attached hydrogens (primary N) is 1. The second-order valence-electron chi connectivity index (χ2n) is 3.42. The van der Waals surface area contributed by atoms with Gasteiger partial charge in [0.15, 0.2) is 0 Å². The number of rotatable bonds is 5. The van der Waals surface area contributed by atoms with Crippen LogP contribution in [0.4, 0.5) is 0 Å². The van der Waals surface area contributed by atoms with E-state index in [0.717, 1.165) is 12.1 Å². The van der Waals surface area contributed by atoms with Crippen molar-refractivity contribution in [1.82, 2.24) is 5.32 Å². The highest BCUT2D eigenvalue weighted by Gasteiger charge is 2.05. The molecule has 1 aromatic carbocycles. The summed E-state index contributed by atoms with van der Waals surface area (Å²) in [4.78, 5) is 0. The van der Waals surface area contributed by atoms with E-state index in [1.54, 1.807) is 0 Å². The molecule has 3 nitrogen and oxygen atoms in total. The Bertz CT molecular complexity index is 276. The Morgan fingerprint density at radius 1 is 1.50 bits per heavy atom. The maximum atomic E-state index is 9.77. The largest absolute Gasteiger partial charge is 0.387 e. The lowest BCUT2D eigenvalue weighted by Gasteiger charge is -2.12. The SMILES string of the molecule is Cc1cccc(C(O)CNCCN)c1. The second-order valence-corrected chi connectivity index (χ2v) is 3.42. The van der Waals surface area contributed by atoms with E-state index < -0.39 is 6.10 Å². The van der Waals surface area contributed by atoms with E-state index in [4.69, 9.17) is 5.73 Å². The summed E-state index contributed by atoms with van der Waals surface area (Å²) < 4.78 is 0. The van der Waals surface area contributed by atoms with Crippen LogP contribution >= 0.6 is 0 Å². The minimum absolute atomic E-state index is 0.443. The Labute approximate surface area is 84.9 Å². The van der Waals surface area contributed by atoms with Gasteiger partial charge in [-0.2, -0.15) is 0 Å². The first kappa shape index (κ1) is 11.2. The van der Waals surface area contributed by atoms with Crippen LogP contribution in [0.2, 0.25) is 0 Å². The Morgan fingerprint density at radius 3 is 2.93 bits per heavy atom. The molecule has 0 amide bonds. The van der Waals surface area contributed by atoms with Crippen molar-refractivity contribution < 1.29 is 5.11 Å². The van der Waals surface area contributed by atoms with Gasteiger partial charge in [0, 0.05) is 19.6 Å². The van der Waals surface area contributed by atoms with Gasteiger partial charge in [0.1, 0.15) is 0 Å². The summed E-state index contributed by atoms with van der Waals surface area (Å²) in [6.07, 6.45) is -0.443. The van der Waals surface area contributed by atoms with E-state index >= 15 is 0 Å². The number of benzene rings is 1. The molecule has 1 unspecified atom stereocenters. The monoisotopic (exact) mass is 194 g/mol. The topological polar surface area (TPSA) is 58.3 Å². The fourth-order valence-electron chi connectivity index (χ4n) is 1.34. The lowest BCUT2D eigenvalue weighted by molar-refractivity contribution is 0.175. The highest BCUT2D eigenvalue weighted by atomic mass is 16.3. The quantitative estimate of drug-likeness (QED) is 0.601. The molecular formula is C11H18N2O. The minimum atomic E-state index is -0.443. The summed E-state index contributed by atoms with van der Waals surface area (Å²) >= 11 is 0. The molecule has 1 aromatic rings. The lowest BCUT2D eigenvalue weighted by atomic mass is 10.1. The molecule has 0 fully saturated rings. The van der Waals surface area contributed by atoms with Crippen LogP contribution in [0.3, 0.4) is 0 Å². The van der Waals surface area contributed by atoms with Gasteiger partial charge in [-0.25, -0.2) is 0 Å². The predicted octanol–water partition coefficient (Wildman–Crippen LogP) is 0.577. The average molecular weight is 194 g/mol. The number of nitrogens with one attached hydrogen (secondary N) is 1. The highest BCUT2D eigenvalue weighted by Crippen LogP contribution is 2.12. The third-order valence-corrected chi connectivity index (χ3v) is 2.09. The lowest BCUT2D eigenvalue weighted by Crippen LogP contribution is -2.27. The number of aryl methyl sites for hydroxylation is 1. The summed E-state index contributed by atoms with van der Waals surface area (Å²) in [5, 5.41) is 12.8. The molecule has 0 saturated carbocycles. The van der Waals surface area contributed by atoms with Crippen molar-refractivity contribution in [2.45, 2.75) is 13.0 Å². The van der Waals surface area contributed by atoms with Crippen molar-refractivity contribution in [3.63, 3.8) is 0 Å². The van der Waals surface area contributed by atoms with Crippen molar-refractivity contribution >= 4 is 0 Å². The van der Waals surface area contributed by atoms with E-state index in [9.17, 15) is 5.11 Å². The molecule has 0 aromatic heterocycles. The van der Waals surface area contributed by atoms with Crippen LogP contribution in [0.5, 0.6) is 0 Å². The van der Waals surface area contributed by atoms with Gasteiger partial charge in [0.2, 0.25) is 0 Å². The van der Waals surface area contributed by atoms with Gasteiger partial charge >= 0.3 is 0 Å². The van der Waals surface area contributed by atoms with Crippen LogP contribution < -0.4 is 11.1 Å². The van der Waals surface area contributed by atoms with Crippen molar-refractivity contribution in [3.05, 3.63) is 35.4 Å². The highest BCUT2D eigenvalue weighted by molar-refractivity contribution is 5.24. The molecule has 0 saturated heterocycles. The summed E-state index contributed by atoms with van der Waals surface area (Å²) in [5.41, 5.74) is 7.45. The van der Waals surface area contributed by atoms with Crippen LogP contribution in [0.15, 0.2) is 24.3 Å². The molecule has 0 spiro atoms. The fraction of sp³-hybridized carbons (Fsp3) is 0.455. The first-order valence-electron chi connectivity index (χ1n) is 4.89. The molecule has 78 valence electrons. The molecule has 1 atom stereocenters. The summed E-state index contributed by atoms with van der Waals surface area (Å²) in [6, 6.07) is 7.90. The predicted molar refractivity (Wildman–Crippen MR) is 58.1 cm³/mol. The second kappa shape index (κ2) is 5.75. The third kappa shape index (κ3) is 3.46. The van der Waals surface area contributed by atoms with Gasteiger partial charge in [0.05, 0.1) is 6.10 Å². The fourth-order valence-corrected chi connectivity index (χ4v) is 1.34. The molecule has 0 aliphatic heterocycles. The van der Waals surface area contributed by atoms with Gasteiger partial charge in [0.25, 0.3) is 0 Å². The first-order chi connectivity index (χ1) is 6.74. The Hall–Kier alpha value is -0.900. The van der Waals surface area contributed by atoms with Gasteiger partial charge < -0.3 is 16.2 Å². The zero-order valence-corrected chi connectivity index (χ0v) is 8.53. The minimum Gasteiger partial charge on any atom is -0.387 e. The smallest absolute Gasteiger partial charge is 0.0914 e. The van der Waals surface area contributed by atoms with Crippen LogP contribution in [-0.4, -0.2) is 24.7 Å². The number of aliphatic hydroxyl groups excluding tert-OH is 1. The molecule has 0 aliphatic rings. The summed E-state index contributed by atoms with van der Waals surface area (Å²) in [6.45, 7) is 3.91. The molecule has 0 heterocycles. The normalized spacial score (nSPS) is 12.8. The van der Waals surface area contributed by atoms with Gasteiger partial charge in [-0.3, -0.25) is 0 Å². The average Bonchev–Trinajstić information content (AvgIpc) is 2.18.